The van der Waals surface area contributed by atoms with E-state index in [-0.39, 0.29) is 27.9 Å². The van der Waals surface area contributed by atoms with Crippen molar-refractivity contribution in [2.75, 3.05) is 13.2 Å². The lowest BCUT2D eigenvalue weighted by atomic mass is 10.2. The van der Waals surface area contributed by atoms with Crippen molar-refractivity contribution in [3.63, 3.8) is 0 Å². The summed E-state index contributed by atoms with van der Waals surface area (Å²) in [6.07, 6.45) is 1.47. The Bertz CT molecular complexity index is 1140. The van der Waals surface area contributed by atoms with Gasteiger partial charge in [0.2, 0.25) is 0 Å². The van der Waals surface area contributed by atoms with Gasteiger partial charge in [-0.25, -0.2) is 0 Å². The molecule has 0 aromatic heterocycles. The predicted octanol–water partition coefficient (Wildman–Crippen LogP) is 4.14. The number of carbonyl (C=O) groups excluding carboxylic acids is 2. The second kappa shape index (κ2) is 11.2. The van der Waals surface area contributed by atoms with Gasteiger partial charge in [0.1, 0.15) is 0 Å². The number of thioether (sulfide) groups is 1. The van der Waals surface area contributed by atoms with Crippen molar-refractivity contribution >= 4 is 63.8 Å². The van der Waals surface area contributed by atoms with Crippen molar-refractivity contribution in [2.24, 2.45) is 0 Å². The van der Waals surface area contributed by atoms with E-state index in [0.29, 0.717) is 28.6 Å². The molecule has 8 nitrogen and oxygen atoms in total. The van der Waals surface area contributed by atoms with Crippen molar-refractivity contribution in [3.8, 4) is 11.5 Å². The summed E-state index contributed by atoms with van der Waals surface area (Å²) in [5.41, 5.74) is 3.35. The summed E-state index contributed by atoms with van der Waals surface area (Å²) in [6, 6.07) is 11.5. The van der Waals surface area contributed by atoms with E-state index in [1.165, 1.54) is 0 Å². The molecule has 1 aliphatic heterocycles. The lowest BCUT2D eigenvalue weighted by molar-refractivity contribution is -0.137. The Labute approximate surface area is 204 Å². The Morgan fingerprint density at radius 3 is 2.67 bits per heavy atom. The lowest BCUT2D eigenvalue weighted by Gasteiger charge is -2.16. The van der Waals surface area contributed by atoms with Gasteiger partial charge in [0.25, 0.3) is 11.8 Å². The molecule has 1 fully saturated rings. The van der Waals surface area contributed by atoms with Crippen molar-refractivity contribution < 1.29 is 29.0 Å². The van der Waals surface area contributed by atoms with Crippen LogP contribution in [0.3, 0.4) is 0 Å². The summed E-state index contributed by atoms with van der Waals surface area (Å²) in [5, 5.41) is 10.0. The molecular weight excluding hydrogens is 488 g/mol. The second-order valence-corrected chi connectivity index (χ2v) is 8.65. The fraction of sp³-hybridized carbons (Fsp3) is 0.182. The quantitative estimate of drug-likeness (QED) is 0.386. The van der Waals surface area contributed by atoms with Crippen molar-refractivity contribution in [1.82, 2.24) is 10.4 Å². The molecule has 0 spiro atoms. The maximum atomic E-state index is 12.8. The van der Waals surface area contributed by atoms with Gasteiger partial charge in [-0.05, 0) is 55.0 Å². The fourth-order valence-electron chi connectivity index (χ4n) is 2.77. The number of carboxylic acid groups (broad SMARTS) is 1. The van der Waals surface area contributed by atoms with Gasteiger partial charge in [0.05, 0.1) is 35.1 Å². The molecule has 0 saturated carbocycles. The molecular formula is C22H19ClN2O6S2. The number of hydrazine groups is 1. The first-order valence-corrected chi connectivity index (χ1v) is 11.3. The highest BCUT2D eigenvalue weighted by Gasteiger charge is 2.34. The monoisotopic (exact) mass is 506 g/mol. The number of ether oxygens (including phenoxy) is 2. The standard InChI is InChI=1S/C22H19ClN2O6S2/c1-2-30-17-11-13(7-8-16(17)31-10-9-19(26)27)12-18-21(29)25(22(32)33-18)24-20(28)14-5-3-4-6-15(14)23/h3-8,11-12H,2,9-10H2,1H3,(H,24,28)(H,26,27)/b18-12+. The molecule has 1 aliphatic rings. The van der Waals surface area contributed by atoms with Crippen LogP contribution in [0.15, 0.2) is 47.4 Å². The molecule has 0 aliphatic carbocycles. The molecule has 11 heteroatoms. The molecule has 0 atom stereocenters. The fourth-order valence-corrected chi connectivity index (χ4v) is 4.17. The summed E-state index contributed by atoms with van der Waals surface area (Å²) >= 11 is 12.3. The van der Waals surface area contributed by atoms with Gasteiger partial charge in [-0.3, -0.25) is 19.8 Å². The highest BCUT2D eigenvalue weighted by atomic mass is 35.5. The third kappa shape index (κ3) is 6.25. The molecule has 2 N–H and O–H groups in total. The summed E-state index contributed by atoms with van der Waals surface area (Å²) in [6.45, 7) is 2.17. The van der Waals surface area contributed by atoms with Gasteiger partial charge in [-0.1, -0.05) is 41.6 Å². The Hall–Kier alpha value is -3.08. The molecule has 172 valence electrons. The third-order valence-corrected chi connectivity index (χ3v) is 5.90. The smallest absolute Gasteiger partial charge is 0.306 e. The van der Waals surface area contributed by atoms with E-state index < -0.39 is 17.8 Å². The summed E-state index contributed by atoms with van der Waals surface area (Å²) in [4.78, 5) is 36.4. The maximum absolute atomic E-state index is 12.8. The summed E-state index contributed by atoms with van der Waals surface area (Å²) < 4.78 is 11.2. The highest BCUT2D eigenvalue weighted by molar-refractivity contribution is 8.26. The minimum Gasteiger partial charge on any atom is -0.490 e. The van der Waals surface area contributed by atoms with Crippen molar-refractivity contribution in [1.29, 1.82) is 0 Å². The van der Waals surface area contributed by atoms with Gasteiger partial charge in [0.15, 0.2) is 15.8 Å². The number of nitrogens with zero attached hydrogens (tertiary/aromatic N) is 1. The number of rotatable bonds is 9. The van der Waals surface area contributed by atoms with Crippen LogP contribution in [0.1, 0.15) is 29.3 Å². The largest absolute Gasteiger partial charge is 0.490 e. The molecule has 1 heterocycles. The zero-order valence-electron chi connectivity index (χ0n) is 17.4. The number of hydrogen-bond acceptors (Lipinski definition) is 7. The molecule has 0 unspecified atom stereocenters. The van der Waals surface area contributed by atoms with Gasteiger partial charge >= 0.3 is 5.97 Å². The third-order valence-electron chi connectivity index (χ3n) is 4.26. The van der Waals surface area contributed by atoms with Crippen molar-refractivity contribution in [3.05, 3.63) is 63.5 Å². The lowest BCUT2D eigenvalue weighted by Crippen LogP contribution is -2.44. The number of carbonyl (C=O) groups is 3. The maximum Gasteiger partial charge on any atom is 0.306 e. The van der Waals surface area contributed by atoms with E-state index in [4.69, 9.17) is 38.4 Å². The first kappa shape index (κ1) is 24.6. The number of carboxylic acids is 1. The second-order valence-electron chi connectivity index (χ2n) is 6.57. The molecule has 33 heavy (non-hydrogen) atoms. The van der Waals surface area contributed by atoms with Crippen LogP contribution >= 0.6 is 35.6 Å². The average Bonchev–Trinajstić information content (AvgIpc) is 3.02. The SMILES string of the molecule is CCOc1cc(/C=C2/SC(=S)N(NC(=O)c3ccccc3Cl)C2=O)ccc1OCCC(=O)O. The van der Waals surface area contributed by atoms with Crippen LogP contribution in [0.25, 0.3) is 6.08 Å². The molecule has 2 amide bonds. The topological polar surface area (TPSA) is 105 Å². The van der Waals surface area contributed by atoms with E-state index >= 15 is 0 Å². The Kier molecular flexibility index (Phi) is 8.32. The number of thiocarbonyl (C=S) groups is 1. The van der Waals surface area contributed by atoms with Crippen LogP contribution in [-0.2, 0) is 9.59 Å². The summed E-state index contributed by atoms with van der Waals surface area (Å²) in [7, 11) is 0. The first-order chi connectivity index (χ1) is 15.8. The van der Waals surface area contributed by atoms with Gasteiger partial charge in [-0.2, -0.15) is 5.01 Å². The minimum atomic E-state index is -0.965. The van der Waals surface area contributed by atoms with Gasteiger partial charge in [0, 0.05) is 0 Å². The number of halogens is 1. The van der Waals surface area contributed by atoms with E-state index in [1.807, 2.05) is 0 Å². The number of nitrogens with one attached hydrogen (secondary N) is 1. The number of hydrogen-bond donors (Lipinski definition) is 2. The molecule has 2 aromatic carbocycles. The predicted molar refractivity (Wildman–Crippen MR) is 129 cm³/mol. The Morgan fingerprint density at radius 1 is 1.21 bits per heavy atom. The van der Waals surface area contributed by atoms with Crippen LogP contribution in [0, 0.1) is 0 Å². The van der Waals surface area contributed by atoms with Crippen LogP contribution in [0.2, 0.25) is 5.02 Å². The van der Waals surface area contributed by atoms with E-state index in [2.05, 4.69) is 5.43 Å². The first-order valence-electron chi connectivity index (χ1n) is 9.75. The van der Waals surface area contributed by atoms with Crippen LogP contribution in [0.5, 0.6) is 11.5 Å². The van der Waals surface area contributed by atoms with E-state index in [0.717, 1.165) is 16.8 Å². The molecule has 2 aromatic rings. The normalized spacial score (nSPS) is 14.5. The minimum absolute atomic E-state index is 0.00145. The zero-order chi connectivity index (χ0) is 24.0. The van der Waals surface area contributed by atoms with Crippen LogP contribution in [-0.4, -0.2) is 45.4 Å². The molecule has 1 saturated heterocycles. The highest BCUT2D eigenvalue weighted by Crippen LogP contribution is 2.34. The Balaban J connectivity index is 1.76. The van der Waals surface area contributed by atoms with E-state index in [9.17, 15) is 14.4 Å². The number of benzene rings is 2. The zero-order valence-corrected chi connectivity index (χ0v) is 19.8. The Morgan fingerprint density at radius 2 is 1.97 bits per heavy atom. The van der Waals surface area contributed by atoms with Gasteiger partial charge < -0.3 is 14.6 Å². The van der Waals surface area contributed by atoms with E-state index in [1.54, 1.807) is 55.5 Å². The molecule has 3 rings (SSSR count). The molecule has 0 radical (unpaired) electrons. The van der Waals surface area contributed by atoms with Crippen LogP contribution in [0.4, 0.5) is 0 Å². The number of amides is 2. The molecule has 0 bridgehead atoms. The van der Waals surface area contributed by atoms with Crippen LogP contribution < -0.4 is 14.9 Å². The summed E-state index contributed by atoms with van der Waals surface area (Å²) in [5.74, 6) is -1.19. The average molecular weight is 507 g/mol. The van der Waals surface area contributed by atoms with Gasteiger partial charge in [-0.15, -0.1) is 0 Å². The number of aliphatic carboxylic acids is 1. The van der Waals surface area contributed by atoms with Crippen molar-refractivity contribution in [2.45, 2.75) is 13.3 Å².